The van der Waals surface area contributed by atoms with Crippen molar-refractivity contribution in [3.63, 3.8) is 0 Å². The minimum Gasteiger partial charge on any atom is -0.465 e. The predicted octanol–water partition coefficient (Wildman–Crippen LogP) is 3.10. The van der Waals surface area contributed by atoms with Gasteiger partial charge < -0.3 is 9.64 Å². The smallest absolute Gasteiger partial charge is 0.320 e. The minimum atomic E-state index is -0.171. The normalized spacial score (nSPS) is 21.5. The molecule has 0 unspecified atom stereocenters. The lowest BCUT2D eigenvalue weighted by atomic mass is 10.1. The number of benzene rings is 1. The van der Waals surface area contributed by atoms with Crippen molar-refractivity contribution in [3.05, 3.63) is 42.2 Å². The molecule has 1 aromatic carbocycles. The van der Waals surface area contributed by atoms with E-state index in [9.17, 15) is 4.79 Å². The third-order valence-corrected chi connectivity index (χ3v) is 6.02. The van der Waals surface area contributed by atoms with Crippen LogP contribution in [-0.2, 0) is 9.53 Å². The van der Waals surface area contributed by atoms with Crippen LogP contribution >= 0.6 is 11.8 Å². The fraction of sp³-hybridized carbons (Fsp3) is 0.421. The molecule has 0 radical (unpaired) electrons. The number of hydrogen-bond acceptors (Lipinski definition) is 7. The average molecular weight is 370 g/mol. The summed E-state index contributed by atoms with van der Waals surface area (Å²) in [7, 11) is 2.05. The number of rotatable bonds is 5. The van der Waals surface area contributed by atoms with Crippen molar-refractivity contribution in [2.45, 2.75) is 41.9 Å². The largest absolute Gasteiger partial charge is 0.465 e. The molecule has 7 heteroatoms. The molecule has 2 atom stereocenters. The highest BCUT2D eigenvalue weighted by Gasteiger charge is 2.45. The predicted molar refractivity (Wildman–Crippen MR) is 100 cm³/mol. The Kier molecular flexibility index (Phi) is 4.82. The zero-order valence-electron chi connectivity index (χ0n) is 15.0. The van der Waals surface area contributed by atoms with Crippen LogP contribution in [0, 0.1) is 0 Å². The molecule has 0 N–H and O–H groups in total. The molecule has 2 aliphatic rings. The standard InChI is InChI=1S/C19H22N4O2S/c1-3-25-16(24)11-23-14-9-10-15(23)22(2)18-17(14)19(21-12-20-18)26-13-7-5-4-6-8-13/h4-8,12,14-15H,3,9-11H2,1-2H3/t14-,15+/m0/s1. The van der Waals surface area contributed by atoms with Gasteiger partial charge in [-0.1, -0.05) is 30.0 Å². The summed E-state index contributed by atoms with van der Waals surface area (Å²) in [6.45, 7) is 2.55. The van der Waals surface area contributed by atoms with E-state index in [1.54, 1.807) is 18.1 Å². The van der Waals surface area contributed by atoms with Gasteiger partial charge in [-0.3, -0.25) is 9.69 Å². The highest BCUT2D eigenvalue weighted by Crippen LogP contribution is 2.49. The molecule has 0 saturated carbocycles. The summed E-state index contributed by atoms with van der Waals surface area (Å²) < 4.78 is 5.18. The van der Waals surface area contributed by atoms with E-state index in [-0.39, 0.29) is 18.2 Å². The summed E-state index contributed by atoms with van der Waals surface area (Å²) in [6, 6.07) is 10.4. The van der Waals surface area contributed by atoms with Gasteiger partial charge in [0.05, 0.1) is 19.3 Å². The summed E-state index contributed by atoms with van der Waals surface area (Å²) in [5, 5.41) is 0.965. The summed E-state index contributed by atoms with van der Waals surface area (Å²) in [4.78, 5) is 26.8. The third-order valence-electron chi connectivity index (χ3n) is 5.00. The van der Waals surface area contributed by atoms with Crippen molar-refractivity contribution in [1.29, 1.82) is 0 Å². The minimum absolute atomic E-state index is 0.156. The van der Waals surface area contributed by atoms with Crippen LogP contribution in [-0.4, -0.2) is 47.2 Å². The second kappa shape index (κ2) is 7.25. The lowest BCUT2D eigenvalue weighted by Gasteiger charge is -2.41. The van der Waals surface area contributed by atoms with Crippen LogP contribution in [0.5, 0.6) is 0 Å². The zero-order chi connectivity index (χ0) is 18.1. The van der Waals surface area contributed by atoms with E-state index in [4.69, 9.17) is 4.74 Å². The second-order valence-electron chi connectivity index (χ2n) is 6.49. The number of fused-ring (bicyclic) bond motifs is 4. The van der Waals surface area contributed by atoms with Gasteiger partial charge in [0.15, 0.2) is 0 Å². The Hall–Kier alpha value is -2.12. The summed E-state index contributed by atoms with van der Waals surface area (Å²) in [5.41, 5.74) is 1.13. The molecule has 2 bridgehead atoms. The topological polar surface area (TPSA) is 58.6 Å². The van der Waals surface area contributed by atoms with Gasteiger partial charge in [0.2, 0.25) is 0 Å². The number of carbonyl (C=O) groups is 1. The van der Waals surface area contributed by atoms with Crippen molar-refractivity contribution >= 4 is 23.5 Å². The molecule has 1 fully saturated rings. The van der Waals surface area contributed by atoms with E-state index in [1.165, 1.54) is 0 Å². The molecule has 2 aromatic rings. The first-order valence-electron chi connectivity index (χ1n) is 8.91. The van der Waals surface area contributed by atoms with E-state index in [0.29, 0.717) is 13.2 Å². The summed E-state index contributed by atoms with van der Waals surface area (Å²) in [5.74, 6) is 0.807. The number of nitrogens with zero attached hydrogens (tertiary/aromatic N) is 4. The van der Waals surface area contributed by atoms with Crippen LogP contribution in [0.4, 0.5) is 5.82 Å². The van der Waals surface area contributed by atoms with E-state index < -0.39 is 0 Å². The van der Waals surface area contributed by atoms with Crippen molar-refractivity contribution in [3.8, 4) is 0 Å². The fourth-order valence-corrected chi connectivity index (χ4v) is 4.86. The van der Waals surface area contributed by atoms with Crippen LogP contribution in [0.1, 0.15) is 31.4 Å². The van der Waals surface area contributed by atoms with Crippen molar-refractivity contribution < 1.29 is 9.53 Å². The molecular formula is C19H22N4O2S. The van der Waals surface area contributed by atoms with Gasteiger partial charge in [0, 0.05) is 23.5 Å². The molecule has 1 aromatic heterocycles. The monoisotopic (exact) mass is 370 g/mol. The van der Waals surface area contributed by atoms with E-state index >= 15 is 0 Å². The van der Waals surface area contributed by atoms with Gasteiger partial charge in [-0.15, -0.1) is 0 Å². The van der Waals surface area contributed by atoms with Gasteiger partial charge in [0.25, 0.3) is 0 Å². The molecule has 3 heterocycles. The fourth-order valence-electron chi connectivity index (χ4n) is 3.91. The maximum absolute atomic E-state index is 12.1. The van der Waals surface area contributed by atoms with E-state index in [0.717, 1.165) is 34.1 Å². The molecule has 6 nitrogen and oxygen atoms in total. The lowest BCUT2D eigenvalue weighted by molar-refractivity contribution is -0.145. The van der Waals surface area contributed by atoms with Crippen molar-refractivity contribution in [2.24, 2.45) is 0 Å². The van der Waals surface area contributed by atoms with Crippen LogP contribution in [0.25, 0.3) is 0 Å². The lowest BCUT2D eigenvalue weighted by Crippen LogP contribution is -2.50. The van der Waals surface area contributed by atoms with E-state index in [2.05, 4.69) is 31.9 Å². The van der Waals surface area contributed by atoms with Crippen LogP contribution in [0.2, 0.25) is 0 Å². The second-order valence-corrected chi connectivity index (χ2v) is 7.56. The zero-order valence-corrected chi connectivity index (χ0v) is 15.8. The van der Waals surface area contributed by atoms with Gasteiger partial charge in [-0.2, -0.15) is 0 Å². The van der Waals surface area contributed by atoms with E-state index in [1.807, 2.05) is 32.2 Å². The van der Waals surface area contributed by atoms with Crippen LogP contribution in [0.3, 0.4) is 0 Å². The van der Waals surface area contributed by atoms with Crippen molar-refractivity contribution in [1.82, 2.24) is 14.9 Å². The number of ether oxygens (including phenoxy) is 1. The third kappa shape index (κ3) is 3.05. The Morgan fingerprint density at radius 2 is 2.08 bits per heavy atom. The molecule has 26 heavy (non-hydrogen) atoms. The first-order chi connectivity index (χ1) is 12.7. The summed E-state index contributed by atoms with van der Waals surface area (Å²) in [6.07, 6.45) is 3.83. The van der Waals surface area contributed by atoms with Gasteiger partial charge >= 0.3 is 5.97 Å². The first-order valence-corrected chi connectivity index (χ1v) is 9.72. The molecule has 0 amide bonds. The highest BCUT2D eigenvalue weighted by molar-refractivity contribution is 7.99. The molecule has 4 rings (SSSR count). The van der Waals surface area contributed by atoms with Gasteiger partial charge in [-0.25, -0.2) is 9.97 Å². The van der Waals surface area contributed by atoms with Gasteiger partial charge in [0.1, 0.15) is 17.2 Å². The van der Waals surface area contributed by atoms with Crippen LogP contribution in [0.15, 0.2) is 46.6 Å². The SMILES string of the molecule is CCOC(=O)CN1[C@@H]2CC[C@H]1c1c(Sc3ccccc3)ncnc1N2C. The van der Waals surface area contributed by atoms with Crippen LogP contribution < -0.4 is 4.90 Å². The Bertz CT molecular complexity index is 801. The number of anilines is 1. The Morgan fingerprint density at radius 3 is 2.85 bits per heavy atom. The number of esters is 1. The molecular weight excluding hydrogens is 348 g/mol. The Balaban J connectivity index is 1.69. The molecule has 136 valence electrons. The Morgan fingerprint density at radius 1 is 1.27 bits per heavy atom. The number of hydrogen-bond donors (Lipinski definition) is 0. The number of carbonyl (C=O) groups excluding carboxylic acids is 1. The molecule has 0 spiro atoms. The van der Waals surface area contributed by atoms with Gasteiger partial charge in [-0.05, 0) is 31.9 Å². The Labute approximate surface area is 157 Å². The summed E-state index contributed by atoms with van der Waals surface area (Å²) >= 11 is 1.65. The first kappa shape index (κ1) is 17.3. The molecule has 0 aliphatic carbocycles. The molecule has 1 saturated heterocycles. The number of aromatic nitrogens is 2. The average Bonchev–Trinajstić information content (AvgIpc) is 2.97. The maximum Gasteiger partial charge on any atom is 0.320 e. The molecule has 2 aliphatic heterocycles. The van der Waals surface area contributed by atoms with Crippen molar-refractivity contribution in [2.75, 3.05) is 25.1 Å². The quantitative estimate of drug-likeness (QED) is 0.592. The maximum atomic E-state index is 12.1. The highest BCUT2D eigenvalue weighted by atomic mass is 32.2.